The molecular weight excluding hydrogens is 406 g/mol. The average molecular weight is 420 g/mol. The van der Waals surface area contributed by atoms with E-state index in [1.165, 1.54) is 16.0 Å². The molecule has 5 aromatic rings. The van der Waals surface area contributed by atoms with Crippen molar-refractivity contribution in [2.45, 2.75) is 13.5 Å². The Balaban J connectivity index is 1.66. The molecule has 0 spiro atoms. The predicted molar refractivity (Wildman–Crippen MR) is 115 cm³/mol. The van der Waals surface area contributed by atoms with Gasteiger partial charge in [-0.1, -0.05) is 47.1 Å². The number of aryl methyl sites for hydroxylation is 1. The lowest BCUT2D eigenvalue weighted by Crippen LogP contribution is -2.23. The number of hydrogen-bond donors (Lipinski definition) is 0. The van der Waals surface area contributed by atoms with Crippen LogP contribution in [0.5, 0.6) is 0 Å². The molecule has 142 valence electrons. The van der Waals surface area contributed by atoms with Gasteiger partial charge in [0.1, 0.15) is 15.0 Å². The Bertz CT molecular complexity index is 1410. The minimum atomic E-state index is -0.172. The van der Waals surface area contributed by atoms with Crippen molar-refractivity contribution in [1.29, 1.82) is 0 Å². The molecule has 0 aliphatic heterocycles. The van der Waals surface area contributed by atoms with Gasteiger partial charge in [0.25, 0.3) is 5.56 Å². The number of halogens is 1. The quantitative estimate of drug-likeness (QED) is 0.431. The van der Waals surface area contributed by atoms with Crippen LogP contribution in [0, 0.1) is 6.92 Å². The molecule has 0 saturated heterocycles. The van der Waals surface area contributed by atoms with Crippen LogP contribution < -0.4 is 5.56 Å². The molecule has 5 rings (SSSR count). The standard InChI is InChI=1S/C21H14ClN5OS/c1-12-16-17-18(21(28)27(26-25-17)11-13-5-3-2-4-6-13)29-20(16)24-19(23-12)14-7-9-15(22)10-8-14/h2-10H,11H2,1H3. The Kier molecular flexibility index (Phi) is 4.34. The number of rotatable bonds is 3. The van der Waals surface area contributed by atoms with Crippen LogP contribution >= 0.6 is 22.9 Å². The molecule has 0 aliphatic rings. The molecular formula is C21H14ClN5OS. The van der Waals surface area contributed by atoms with Crippen LogP contribution in [-0.4, -0.2) is 25.0 Å². The minimum Gasteiger partial charge on any atom is -0.266 e. The molecule has 0 bridgehead atoms. The summed E-state index contributed by atoms with van der Waals surface area (Å²) in [6.45, 7) is 2.27. The van der Waals surface area contributed by atoms with E-state index in [2.05, 4.69) is 20.3 Å². The third kappa shape index (κ3) is 3.18. The number of thiophene rings is 1. The maximum Gasteiger partial charge on any atom is 0.288 e. The minimum absolute atomic E-state index is 0.172. The van der Waals surface area contributed by atoms with Gasteiger partial charge in [-0.15, -0.1) is 16.4 Å². The first-order valence-corrected chi connectivity index (χ1v) is 10.1. The van der Waals surface area contributed by atoms with Gasteiger partial charge in [0, 0.05) is 10.6 Å². The number of fused-ring (bicyclic) bond motifs is 3. The van der Waals surface area contributed by atoms with Crippen LogP contribution in [0.3, 0.4) is 0 Å². The van der Waals surface area contributed by atoms with Crippen molar-refractivity contribution in [3.05, 3.63) is 81.2 Å². The molecule has 0 amide bonds. The summed E-state index contributed by atoms with van der Waals surface area (Å²) >= 11 is 7.30. The zero-order valence-electron chi connectivity index (χ0n) is 15.3. The third-order valence-electron chi connectivity index (χ3n) is 4.67. The summed E-state index contributed by atoms with van der Waals surface area (Å²) in [6, 6.07) is 17.1. The van der Waals surface area contributed by atoms with E-state index >= 15 is 0 Å². The molecule has 2 aromatic carbocycles. The lowest BCUT2D eigenvalue weighted by molar-refractivity contribution is 0.602. The van der Waals surface area contributed by atoms with Crippen LogP contribution in [0.4, 0.5) is 0 Å². The molecule has 8 heteroatoms. The topological polar surface area (TPSA) is 73.6 Å². The van der Waals surface area contributed by atoms with E-state index in [4.69, 9.17) is 11.6 Å². The zero-order chi connectivity index (χ0) is 20.0. The highest BCUT2D eigenvalue weighted by molar-refractivity contribution is 7.25. The lowest BCUT2D eigenvalue weighted by Gasteiger charge is -2.04. The van der Waals surface area contributed by atoms with Crippen molar-refractivity contribution in [2.24, 2.45) is 0 Å². The first kappa shape index (κ1) is 17.9. The van der Waals surface area contributed by atoms with E-state index in [9.17, 15) is 4.79 Å². The van der Waals surface area contributed by atoms with E-state index in [1.54, 1.807) is 12.1 Å². The third-order valence-corrected chi connectivity index (χ3v) is 5.98. The Morgan fingerprint density at radius 2 is 1.79 bits per heavy atom. The number of aromatic nitrogens is 5. The summed E-state index contributed by atoms with van der Waals surface area (Å²) in [5.74, 6) is 0.593. The zero-order valence-corrected chi connectivity index (χ0v) is 16.9. The van der Waals surface area contributed by atoms with E-state index in [1.807, 2.05) is 49.4 Å². The fourth-order valence-corrected chi connectivity index (χ4v) is 4.47. The van der Waals surface area contributed by atoms with E-state index in [0.29, 0.717) is 27.6 Å². The summed E-state index contributed by atoms with van der Waals surface area (Å²) in [5, 5.41) is 9.91. The Labute approximate surface area is 174 Å². The first-order chi connectivity index (χ1) is 14.1. The van der Waals surface area contributed by atoms with Gasteiger partial charge in [0.15, 0.2) is 5.82 Å². The molecule has 0 saturated carbocycles. The van der Waals surface area contributed by atoms with Crippen LogP contribution in [0.15, 0.2) is 59.4 Å². The highest BCUT2D eigenvalue weighted by Crippen LogP contribution is 2.32. The molecule has 3 heterocycles. The van der Waals surface area contributed by atoms with E-state index in [0.717, 1.165) is 27.0 Å². The normalized spacial score (nSPS) is 11.4. The first-order valence-electron chi connectivity index (χ1n) is 8.94. The Hall–Kier alpha value is -3.16. The van der Waals surface area contributed by atoms with Crippen molar-refractivity contribution in [2.75, 3.05) is 0 Å². The second kappa shape index (κ2) is 7.02. The molecule has 0 radical (unpaired) electrons. The van der Waals surface area contributed by atoms with Gasteiger partial charge < -0.3 is 0 Å². The molecule has 3 aromatic heterocycles. The second-order valence-corrected chi connectivity index (χ2v) is 8.07. The molecule has 0 fully saturated rings. The fraction of sp³-hybridized carbons (Fsp3) is 0.0952. The summed E-state index contributed by atoms with van der Waals surface area (Å²) in [5.41, 5.74) is 3.00. The molecule has 0 aliphatic carbocycles. The van der Waals surface area contributed by atoms with Crippen molar-refractivity contribution < 1.29 is 0 Å². The van der Waals surface area contributed by atoms with Gasteiger partial charge in [-0.2, -0.15) is 0 Å². The van der Waals surface area contributed by atoms with Gasteiger partial charge in [0.2, 0.25) is 0 Å². The molecule has 0 unspecified atom stereocenters. The van der Waals surface area contributed by atoms with Gasteiger partial charge >= 0.3 is 0 Å². The van der Waals surface area contributed by atoms with Crippen molar-refractivity contribution >= 4 is 43.4 Å². The maximum absolute atomic E-state index is 13.0. The predicted octanol–water partition coefficient (Wildman–Crippen LogP) is 4.47. The van der Waals surface area contributed by atoms with Crippen LogP contribution in [-0.2, 0) is 6.54 Å². The Morgan fingerprint density at radius 3 is 2.55 bits per heavy atom. The van der Waals surface area contributed by atoms with E-state index < -0.39 is 0 Å². The van der Waals surface area contributed by atoms with E-state index in [-0.39, 0.29) is 5.56 Å². The average Bonchev–Trinajstić information content (AvgIpc) is 3.11. The largest absolute Gasteiger partial charge is 0.288 e. The van der Waals surface area contributed by atoms with Crippen LogP contribution in [0.1, 0.15) is 11.3 Å². The Morgan fingerprint density at radius 1 is 1.03 bits per heavy atom. The number of benzene rings is 2. The highest BCUT2D eigenvalue weighted by atomic mass is 35.5. The van der Waals surface area contributed by atoms with Gasteiger partial charge in [0.05, 0.1) is 17.6 Å². The highest BCUT2D eigenvalue weighted by Gasteiger charge is 2.18. The summed E-state index contributed by atoms with van der Waals surface area (Å²) in [4.78, 5) is 23.0. The molecule has 29 heavy (non-hydrogen) atoms. The van der Waals surface area contributed by atoms with Crippen LogP contribution in [0.2, 0.25) is 5.02 Å². The number of hydrogen-bond acceptors (Lipinski definition) is 6. The summed E-state index contributed by atoms with van der Waals surface area (Å²) in [7, 11) is 0. The monoisotopic (exact) mass is 419 g/mol. The molecule has 0 atom stereocenters. The van der Waals surface area contributed by atoms with Gasteiger partial charge in [-0.3, -0.25) is 4.79 Å². The van der Waals surface area contributed by atoms with Gasteiger partial charge in [-0.05, 0) is 36.8 Å². The number of nitrogens with zero attached hydrogens (tertiary/aromatic N) is 5. The fourth-order valence-electron chi connectivity index (χ4n) is 3.24. The maximum atomic E-state index is 13.0. The SMILES string of the molecule is Cc1nc(-c2ccc(Cl)cc2)nc2sc3c(=O)n(Cc4ccccc4)nnc3c12. The van der Waals surface area contributed by atoms with Crippen molar-refractivity contribution in [3.63, 3.8) is 0 Å². The van der Waals surface area contributed by atoms with Gasteiger partial charge in [-0.25, -0.2) is 14.6 Å². The lowest BCUT2D eigenvalue weighted by atomic mass is 10.2. The van der Waals surface area contributed by atoms with Crippen molar-refractivity contribution in [1.82, 2.24) is 25.0 Å². The van der Waals surface area contributed by atoms with Crippen molar-refractivity contribution in [3.8, 4) is 11.4 Å². The molecule has 6 nitrogen and oxygen atoms in total. The smallest absolute Gasteiger partial charge is 0.266 e. The summed E-state index contributed by atoms with van der Waals surface area (Å²) < 4.78 is 1.92. The van der Waals surface area contributed by atoms with Crippen LogP contribution in [0.25, 0.3) is 31.8 Å². The summed E-state index contributed by atoms with van der Waals surface area (Å²) in [6.07, 6.45) is 0. The second-order valence-electron chi connectivity index (χ2n) is 6.64. The molecule has 0 N–H and O–H groups in total.